The van der Waals surface area contributed by atoms with Crippen molar-refractivity contribution in [1.29, 1.82) is 0 Å². The maximum absolute atomic E-state index is 12.6. The van der Waals surface area contributed by atoms with Crippen LogP contribution < -0.4 is 0 Å². The number of hydrogen-bond acceptors (Lipinski definition) is 2. The fourth-order valence-electron chi connectivity index (χ4n) is 3.75. The molecule has 1 aliphatic heterocycles. The van der Waals surface area contributed by atoms with E-state index in [1.807, 2.05) is 4.90 Å². The zero-order chi connectivity index (χ0) is 14.5. The molecule has 0 aromatic rings. The molecule has 0 unspecified atom stereocenters. The molecule has 2 rings (SSSR count). The molecule has 4 nitrogen and oxygen atoms in total. The average molecular weight is 281 g/mol. The summed E-state index contributed by atoms with van der Waals surface area (Å²) in [6, 6.07) is 0. The van der Waals surface area contributed by atoms with Crippen LogP contribution in [-0.2, 0) is 9.59 Å². The number of hydrogen-bond donors (Lipinski definition) is 1. The van der Waals surface area contributed by atoms with E-state index in [0.29, 0.717) is 24.2 Å². The minimum Gasteiger partial charge on any atom is -0.481 e. The molecule has 0 radical (unpaired) electrons. The smallest absolute Gasteiger partial charge is 0.303 e. The van der Waals surface area contributed by atoms with Crippen molar-refractivity contribution in [3.05, 3.63) is 0 Å². The molecule has 2 aliphatic rings. The monoisotopic (exact) mass is 281 g/mol. The van der Waals surface area contributed by atoms with Crippen LogP contribution in [0.4, 0.5) is 0 Å². The summed E-state index contributed by atoms with van der Waals surface area (Å²) in [6.45, 7) is 3.88. The largest absolute Gasteiger partial charge is 0.481 e. The van der Waals surface area contributed by atoms with E-state index in [1.165, 1.54) is 12.8 Å². The van der Waals surface area contributed by atoms with Gasteiger partial charge in [0.15, 0.2) is 0 Å². The lowest BCUT2D eigenvalue weighted by Gasteiger charge is -2.36. The second kappa shape index (κ2) is 7.09. The van der Waals surface area contributed by atoms with Gasteiger partial charge < -0.3 is 10.0 Å². The summed E-state index contributed by atoms with van der Waals surface area (Å²) in [5.74, 6) is 0.873. The number of nitrogens with zero attached hydrogens (tertiary/aromatic N) is 1. The molecule has 0 aromatic carbocycles. The summed E-state index contributed by atoms with van der Waals surface area (Å²) in [5.41, 5.74) is 0. The standard InChI is InChI=1S/C16H27NO3/c1-12-4-2-6-14(10-12)16(20)17-9-3-5-13(11-17)7-8-15(18)19/h12-14H,2-11H2,1H3,(H,18,19)/t12-,13+,14+/m1/s1. The van der Waals surface area contributed by atoms with Crippen molar-refractivity contribution >= 4 is 11.9 Å². The average Bonchev–Trinajstić information content (AvgIpc) is 2.44. The molecule has 2 fully saturated rings. The SMILES string of the molecule is C[C@@H]1CCC[C@H](C(=O)N2CCC[C@@H](CCC(=O)O)C2)C1. The number of carbonyl (C=O) groups excluding carboxylic acids is 1. The highest BCUT2D eigenvalue weighted by atomic mass is 16.4. The Hall–Kier alpha value is -1.06. The van der Waals surface area contributed by atoms with Crippen LogP contribution in [0.2, 0.25) is 0 Å². The minimum atomic E-state index is -0.727. The van der Waals surface area contributed by atoms with E-state index in [1.54, 1.807) is 0 Å². The molecular formula is C16H27NO3. The highest BCUT2D eigenvalue weighted by Gasteiger charge is 2.31. The van der Waals surface area contributed by atoms with E-state index < -0.39 is 5.97 Å². The van der Waals surface area contributed by atoms with Gasteiger partial charge in [0, 0.05) is 25.4 Å². The van der Waals surface area contributed by atoms with Gasteiger partial charge in [0.1, 0.15) is 0 Å². The fourth-order valence-corrected chi connectivity index (χ4v) is 3.75. The molecule has 114 valence electrons. The molecule has 0 bridgehead atoms. The maximum Gasteiger partial charge on any atom is 0.303 e. The van der Waals surface area contributed by atoms with Crippen LogP contribution in [0.1, 0.15) is 58.3 Å². The Labute approximate surface area is 121 Å². The topological polar surface area (TPSA) is 57.6 Å². The van der Waals surface area contributed by atoms with E-state index in [-0.39, 0.29) is 12.3 Å². The molecule has 0 aromatic heterocycles. The molecule has 4 heteroatoms. The molecule has 1 aliphatic carbocycles. The van der Waals surface area contributed by atoms with Crippen molar-refractivity contribution in [2.75, 3.05) is 13.1 Å². The van der Waals surface area contributed by atoms with Crippen LogP contribution in [0.3, 0.4) is 0 Å². The van der Waals surface area contributed by atoms with Crippen LogP contribution in [0.5, 0.6) is 0 Å². The summed E-state index contributed by atoms with van der Waals surface area (Å²) in [4.78, 5) is 25.3. The van der Waals surface area contributed by atoms with Gasteiger partial charge in [0.05, 0.1) is 0 Å². The second-order valence-corrected chi connectivity index (χ2v) is 6.69. The third kappa shape index (κ3) is 4.22. The van der Waals surface area contributed by atoms with Gasteiger partial charge in [-0.3, -0.25) is 9.59 Å². The number of rotatable bonds is 4. The number of likely N-dealkylation sites (tertiary alicyclic amines) is 1. The van der Waals surface area contributed by atoms with E-state index in [0.717, 1.165) is 38.8 Å². The van der Waals surface area contributed by atoms with Gasteiger partial charge in [0.2, 0.25) is 5.91 Å². The number of amides is 1. The summed E-state index contributed by atoms with van der Waals surface area (Å²) in [6.07, 6.45) is 7.54. The molecule has 1 heterocycles. The van der Waals surface area contributed by atoms with Crippen molar-refractivity contribution in [2.24, 2.45) is 17.8 Å². The van der Waals surface area contributed by atoms with Crippen molar-refractivity contribution < 1.29 is 14.7 Å². The Kier molecular flexibility index (Phi) is 5.44. The first kappa shape index (κ1) is 15.3. The van der Waals surface area contributed by atoms with E-state index in [4.69, 9.17) is 5.11 Å². The van der Waals surface area contributed by atoms with Crippen LogP contribution in [-0.4, -0.2) is 35.0 Å². The van der Waals surface area contributed by atoms with E-state index >= 15 is 0 Å². The van der Waals surface area contributed by atoms with E-state index in [2.05, 4.69) is 6.92 Å². The zero-order valence-electron chi connectivity index (χ0n) is 12.5. The Balaban J connectivity index is 1.84. The molecule has 1 saturated carbocycles. The van der Waals surface area contributed by atoms with Crippen LogP contribution >= 0.6 is 0 Å². The van der Waals surface area contributed by atoms with Gasteiger partial charge in [-0.2, -0.15) is 0 Å². The molecule has 3 atom stereocenters. The van der Waals surface area contributed by atoms with Crippen molar-refractivity contribution in [2.45, 2.75) is 58.3 Å². The summed E-state index contributed by atoms with van der Waals surface area (Å²) >= 11 is 0. The summed E-state index contributed by atoms with van der Waals surface area (Å²) in [7, 11) is 0. The van der Waals surface area contributed by atoms with Gasteiger partial charge in [-0.25, -0.2) is 0 Å². The predicted molar refractivity (Wildman–Crippen MR) is 77.3 cm³/mol. The molecular weight excluding hydrogens is 254 g/mol. The van der Waals surface area contributed by atoms with Crippen molar-refractivity contribution in [3.63, 3.8) is 0 Å². The number of carboxylic acids is 1. The van der Waals surface area contributed by atoms with Crippen LogP contribution in [0.25, 0.3) is 0 Å². The van der Waals surface area contributed by atoms with Gasteiger partial charge in [-0.1, -0.05) is 19.8 Å². The molecule has 0 spiro atoms. The Morgan fingerprint density at radius 2 is 2.00 bits per heavy atom. The van der Waals surface area contributed by atoms with Gasteiger partial charge >= 0.3 is 5.97 Å². The molecule has 1 saturated heterocycles. The first-order valence-corrected chi connectivity index (χ1v) is 8.07. The zero-order valence-corrected chi connectivity index (χ0v) is 12.5. The lowest BCUT2D eigenvalue weighted by atomic mass is 9.81. The van der Waals surface area contributed by atoms with Crippen LogP contribution in [0.15, 0.2) is 0 Å². The number of aliphatic carboxylic acids is 1. The number of piperidine rings is 1. The fraction of sp³-hybridized carbons (Fsp3) is 0.875. The van der Waals surface area contributed by atoms with Crippen LogP contribution in [0, 0.1) is 17.8 Å². The molecule has 1 N–H and O–H groups in total. The lowest BCUT2D eigenvalue weighted by Crippen LogP contribution is -2.44. The molecule has 1 amide bonds. The highest BCUT2D eigenvalue weighted by molar-refractivity contribution is 5.79. The highest BCUT2D eigenvalue weighted by Crippen LogP contribution is 2.31. The minimum absolute atomic E-state index is 0.219. The summed E-state index contributed by atoms with van der Waals surface area (Å²) in [5, 5.41) is 8.77. The van der Waals surface area contributed by atoms with Crippen molar-refractivity contribution in [1.82, 2.24) is 4.90 Å². The third-order valence-corrected chi connectivity index (χ3v) is 4.88. The van der Waals surface area contributed by atoms with Crippen molar-refractivity contribution in [3.8, 4) is 0 Å². The quantitative estimate of drug-likeness (QED) is 0.862. The predicted octanol–water partition coefficient (Wildman–Crippen LogP) is 2.92. The van der Waals surface area contributed by atoms with Gasteiger partial charge in [0.25, 0.3) is 0 Å². The normalized spacial score (nSPS) is 31.1. The Morgan fingerprint density at radius 1 is 1.20 bits per heavy atom. The third-order valence-electron chi connectivity index (χ3n) is 4.88. The maximum atomic E-state index is 12.6. The number of carbonyl (C=O) groups is 2. The second-order valence-electron chi connectivity index (χ2n) is 6.69. The van der Waals surface area contributed by atoms with E-state index in [9.17, 15) is 9.59 Å². The van der Waals surface area contributed by atoms with Gasteiger partial charge in [-0.15, -0.1) is 0 Å². The Morgan fingerprint density at radius 3 is 2.70 bits per heavy atom. The Bertz CT molecular complexity index is 356. The summed E-state index contributed by atoms with van der Waals surface area (Å²) < 4.78 is 0. The number of carboxylic acid groups (broad SMARTS) is 1. The first-order valence-electron chi connectivity index (χ1n) is 8.07. The first-order chi connectivity index (χ1) is 9.56. The lowest BCUT2D eigenvalue weighted by molar-refractivity contribution is -0.139. The van der Waals surface area contributed by atoms with Gasteiger partial charge in [-0.05, 0) is 43.9 Å². The molecule has 20 heavy (non-hydrogen) atoms.